The highest BCUT2D eigenvalue weighted by Gasteiger charge is 2.30. The second-order valence-corrected chi connectivity index (χ2v) is 6.59. The van der Waals surface area contributed by atoms with Gasteiger partial charge in [-0.25, -0.2) is 4.98 Å². The Morgan fingerprint density at radius 3 is 2.83 bits per heavy atom. The van der Waals surface area contributed by atoms with Crippen molar-refractivity contribution in [3.05, 3.63) is 41.9 Å². The monoisotopic (exact) mass is 324 g/mol. The van der Waals surface area contributed by atoms with E-state index in [0.29, 0.717) is 5.13 Å². The number of carbonyl (C=O) groups is 1. The molecule has 2 heterocycles. The number of thiazole rings is 1. The Hall–Kier alpha value is -2.47. The predicted molar refractivity (Wildman–Crippen MR) is 91.1 cm³/mol. The van der Waals surface area contributed by atoms with E-state index in [1.807, 2.05) is 49.0 Å². The Morgan fingerprint density at radius 2 is 2.09 bits per heavy atom. The standard InChI is InChI=1S/C17H16N4OS/c1-21-9-13(15(20-21)11-5-3-2-4-6-11)14-10-23-17(18-14)19-16(22)12-7-8-12/h2-6,9-10,12H,7-8H2,1H3,(H,18,19,22). The molecule has 6 heteroatoms. The number of amides is 1. The third-order valence-electron chi connectivity index (χ3n) is 3.83. The topological polar surface area (TPSA) is 59.8 Å². The molecule has 0 aliphatic heterocycles. The first-order valence-corrected chi connectivity index (χ1v) is 8.44. The fourth-order valence-electron chi connectivity index (χ4n) is 2.49. The summed E-state index contributed by atoms with van der Waals surface area (Å²) in [6.45, 7) is 0. The summed E-state index contributed by atoms with van der Waals surface area (Å²) in [6.07, 6.45) is 3.94. The number of carbonyl (C=O) groups excluding carboxylic acids is 1. The third-order valence-corrected chi connectivity index (χ3v) is 4.59. The van der Waals surface area contributed by atoms with Crippen LogP contribution in [0.5, 0.6) is 0 Å². The largest absolute Gasteiger partial charge is 0.302 e. The van der Waals surface area contributed by atoms with Crippen LogP contribution >= 0.6 is 11.3 Å². The summed E-state index contributed by atoms with van der Waals surface area (Å²) in [5.41, 5.74) is 3.77. The number of aromatic nitrogens is 3. The molecular weight excluding hydrogens is 308 g/mol. The lowest BCUT2D eigenvalue weighted by atomic mass is 10.1. The second-order valence-electron chi connectivity index (χ2n) is 5.73. The number of nitrogens with zero attached hydrogens (tertiary/aromatic N) is 3. The molecule has 5 nitrogen and oxygen atoms in total. The highest BCUT2D eigenvalue weighted by molar-refractivity contribution is 7.14. The molecule has 0 saturated heterocycles. The first-order chi connectivity index (χ1) is 11.2. The van der Waals surface area contributed by atoms with Crippen LogP contribution in [0.2, 0.25) is 0 Å². The van der Waals surface area contributed by atoms with Crippen LogP contribution in [0.15, 0.2) is 41.9 Å². The van der Waals surface area contributed by atoms with E-state index in [1.165, 1.54) is 11.3 Å². The maximum Gasteiger partial charge on any atom is 0.229 e. The minimum Gasteiger partial charge on any atom is -0.302 e. The zero-order valence-electron chi connectivity index (χ0n) is 12.7. The normalized spacial score (nSPS) is 14.0. The fraction of sp³-hybridized carbons (Fsp3) is 0.235. The van der Waals surface area contributed by atoms with Crippen molar-refractivity contribution in [3.8, 4) is 22.5 Å². The molecule has 0 spiro atoms. The molecule has 0 radical (unpaired) electrons. The van der Waals surface area contributed by atoms with Gasteiger partial charge in [0.05, 0.1) is 5.69 Å². The highest BCUT2D eigenvalue weighted by Crippen LogP contribution is 2.34. The minimum absolute atomic E-state index is 0.0837. The lowest BCUT2D eigenvalue weighted by Gasteiger charge is -2.00. The molecule has 1 amide bonds. The number of hydrogen-bond donors (Lipinski definition) is 1. The van der Waals surface area contributed by atoms with Crippen LogP contribution in [0.4, 0.5) is 5.13 Å². The molecule has 4 rings (SSSR count). The molecule has 1 aromatic carbocycles. The predicted octanol–water partition coefficient (Wildman–Crippen LogP) is 3.56. The second kappa shape index (κ2) is 5.62. The zero-order chi connectivity index (χ0) is 15.8. The summed E-state index contributed by atoms with van der Waals surface area (Å²) in [4.78, 5) is 16.4. The van der Waals surface area contributed by atoms with E-state index in [9.17, 15) is 4.79 Å². The summed E-state index contributed by atoms with van der Waals surface area (Å²) in [5.74, 6) is 0.265. The van der Waals surface area contributed by atoms with Crippen molar-refractivity contribution in [3.63, 3.8) is 0 Å². The van der Waals surface area contributed by atoms with Gasteiger partial charge in [0.2, 0.25) is 5.91 Å². The van der Waals surface area contributed by atoms with Gasteiger partial charge in [0.25, 0.3) is 0 Å². The van der Waals surface area contributed by atoms with Gasteiger partial charge in [-0.3, -0.25) is 9.48 Å². The molecule has 3 aromatic rings. The molecule has 1 saturated carbocycles. The van der Waals surface area contributed by atoms with E-state index in [4.69, 9.17) is 0 Å². The van der Waals surface area contributed by atoms with Gasteiger partial charge in [-0.05, 0) is 12.8 Å². The van der Waals surface area contributed by atoms with Crippen molar-refractivity contribution in [2.24, 2.45) is 13.0 Å². The van der Waals surface area contributed by atoms with Gasteiger partial charge in [-0.2, -0.15) is 5.10 Å². The molecule has 1 aliphatic rings. The van der Waals surface area contributed by atoms with Crippen LogP contribution in [0.1, 0.15) is 12.8 Å². The van der Waals surface area contributed by atoms with Gasteiger partial charge >= 0.3 is 0 Å². The number of benzene rings is 1. The molecule has 0 unspecified atom stereocenters. The van der Waals surface area contributed by atoms with Crippen LogP contribution in [-0.2, 0) is 11.8 Å². The maximum atomic E-state index is 11.9. The van der Waals surface area contributed by atoms with Gasteiger partial charge in [-0.15, -0.1) is 11.3 Å². The number of nitrogens with one attached hydrogen (secondary N) is 1. The lowest BCUT2D eigenvalue weighted by molar-refractivity contribution is -0.117. The van der Waals surface area contributed by atoms with Crippen molar-refractivity contribution in [1.29, 1.82) is 0 Å². The minimum atomic E-state index is 0.0837. The van der Waals surface area contributed by atoms with Crippen LogP contribution in [0.3, 0.4) is 0 Å². The van der Waals surface area contributed by atoms with Gasteiger partial charge in [0.1, 0.15) is 5.69 Å². The summed E-state index contributed by atoms with van der Waals surface area (Å²) in [6, 6.07) is 10.1. The molecule has 1 N–H and O–H groups in total. The van der Waals surface area contributed by atoms with E-state index < -0.39 is 0 Å². The first kappa shape index (κ1) is 14.1. The van der Waals surface area contributed by atoms with Crippen LogP contribution in [0.25, 0.3) is 22.5 Å². The summed E-state index contributed by atoms with van der Waals surface area (Å²) >= 11 is 1.45. The smallest absolute Gasteiger partial charge is 0.229 e. The average Bonchev–Trinajstić information content (AvgIpc) is 3.20. The van der Waals surface area contributed by atoms with Crippen LogP contribution in [-0.4, -0.2) is 20.7 Å². The van der Waals surface area contributed by atoms with Crippen LogP contribution in [0, 0.1) is 5.92 Å². The number of anilines is 1. The molecule has 0 bridgehead atoms. The molecule has 2 aromatic heterocycles. The SMILES string of the molecule is Cn1cc(-c2csc(NC(=O)C3CC3)n2)c(-c2ccccc2)n1. The zero-order valence-corrected chi connectivity index (χ0v) is 13.5. The summed E-state index contributed by atoms with van der Waals surface area (Å²) < 4.78 is 1.79. The quantitative estimate of drug-likeness (QED) is 0.798. The molecule has 116 valence electrons. The molecule has 1 fully saturated rings. The maximum absolute atomic E-state index is 11.9. The van der Waals surface area contributed by atoms with E-state index in [1.54, 1.807) is 4.68 Å². The van der Waals surface area contributed by atoms with Gasteiger partial charge in [0.15, 0.2) is 5.13 Å². The van der Waals surface area contributed by atoms with Gasteiger partial charge < -0.3 is 5.32 Å². The highest BCUT2D eigenvalue weighted by atomic mass is 32.1. The summed E-state index contributed by atoms with van der Waals surface area (Å²) in [7, 11) is 1.90. The first-order valence-electron chi connectivity index (χ1n) is 7.56. The Balaban J connectivity index is 1.66. The molecule has 0 atom stereocenters. The van der Waals surface area contributed by atoms with E-state index in [-0.39, 0.29) is 11.8 Å². The third kappa shape index (κ3) is 2.90. The van der Waals surface area contributed by atoms with E-state index >= 15 is 0 Å². The van der Waals surface area contributed by atoms with Crippen molar-refractivity contribution >= 4 is 22.4 Å². The van der Waals surface area contributed by atoms with E-state index in [2.05, 4.69) is 15.4 Å². The average molecular weight is 324 g/mol. The number of hydrogen-bond acceptors (Lipinski definition) is 4. The Kier molecular flexibility index (Phi) is 3.46. The summed E-state index contributed by atoms with van der Waals surface area (Å²) in [5, 5.41) is 10.1. The molecule has 1 aliphatic carbocycles. The van der Waals surface area contributed by atoms with Gasteiger partial charge in [-0.1, -0.05) is 30.3 Å². The molecular formula is C17H16N4OS. The molecule has 23 heavy (non-hydrogen) atoms. The number of rotatable bonds is 4. The van der Waals surface area contributed by atoms with Crippen LogP contribution < -0.4 is 5.32 Å². The van der Waals surface area contributed by atoms with Gasteiger partial charge in [0, 0.05) is 35.7 Å². The van der Waals surface area contributed by atoms with Crippen molar-refractivity contribution < 1.29 is 4.79 Å². The Bertz CT molecular complexity index is 849. The lowest BCUT2D eigenvalue weighted by Crippen LogP contribution is -2.12. The Labute approximate surface area is 138 Å². The Morgan fingerprint density at radius 1 is 1.30 bits per heavy atom. The van der Waals surface area contributed by atoms with Crippen molar-refractivity contribution in [2.45, 2.75) is 12.8 Å². The number of aryl methyl sites for hydroxylation is 1. The van der Waals surface area contributed by atoms with Crippen molar-refractivity contribution in [2.75, 3.05) is 5.32 Å². The fourth-order valence-corrected chi connectivity index (χ4v) is 3.21. The van der Waals surface area contributed by atoms with E-state index in [0.717, 1.165) is 35.4 Å². The van der Waals surface area contributed by atoms with Crippen molar-refractivity contribution in [1.82, 2.24) is 14.8 Å².